The van der Waals surface area contributed by atoms with E-state index in [0.29, 0.717) is 23.1 Å². The van der Waals surface area contributed by atoms with Crippen molar-refractivity contribution in [1.82, 2.24) is 10.6 Å². The molecule has 38 heavy (non-hydrogen) atoms. The molecule has 0 amide bonds. The smallest absolute Gasteiger partial charge is 0.150 e. The maximum Gasteiger partial charge on any atom is 0.150 e. The zero-order valence-electron chi connectivity index (χ0n) is 21.8. The molecule has 3 nitrogen and oxygen atoms in total. The fraction of sp³-hybridized carbons (Fsp3) is 0.242. The van der Waals surface area contributed by atoms with Gasteiger partial charge >= 0.3 is 0 Å². The fourth-order valence-electron chi connectivity index (χ4n) is 4.71. The summed E-state index contributed by atoms with van der Waals surface area (Å²) in [6, 6.07) is 36.0. The third-order valence-electron chi connectivity index (χ3n) is 7.09. The molecule has 0 aliphatic heterocycles. The molecular formula is C33H34Cl2N2O. The minimum atomic E-state index is -0.354. The van der Waals surface area contributed by atoms with Gasteiger partial charge in [0.2, 0.25) is 0 Å². The minimum Gasteiger partial charge on any atom is -0.309 e. The van der Waals surface area contributed by atoms with Gasteiger partial charge in [-0.1, -0.05) is 108 Å². The van der Waals surface area contributed by atoms with Crippen LogP contribution in [0.15, 0.2) is 109 Å². The number of carbonyl (C=O) groups is 1. The van der Waals surface area contributed by atoms with E-state index in [4.69, 9.17) is 23.2 Å². The first-order valence-corrected chi connectivity index (χ1v) is 13.8. The lowest BCUT2D eigenvalue weighted by Crippen LogP contribution is -2.36. The first-order valence-electron chi connectivity index (χ1n) is 13.0. The van der Waals surface area contributed by atoms with E-state index < -0.39 is 0 Å². The number of rotatable bonds is 12. The van der Waals surface area contributed by atoms with Gasteiger partial charge in [0.05, 0.1) is 11.8 Å². The summed E-state index contributed by atoms with van der Waals surface area (Å²) in [5.74, 6) is -0.559. The SMILES string of the molecule is C[C@H](NCC(C(=O)C(CN[C@@H](C)c1ccccc1)c1ccc(Cl)cc1)c1ccc(Cl)cc1)c1ccccc1. The van der Waals surface area contributed by atoms with Gasteiger partial charge in [-0.25, -0.2) is 0 Å². The Balaban J connectivity index is 1.60. The van der Waals surface area contributed by atoms with Gasteiger partial charge in [-0.15, -0.1) is 0 Å². The molecule has 0 heterocycles. The number of hydrogen-bond donors (Lipinski definition) is 2. The number of carbonyl (C=O) groups excluding carboxylic acids is 1. The lowest BCUT2D eigenvalue weighted by molar-refractivity contribution is -0.121. The number of halogens is 2. The van der Waals surface area contributed by atoms with E-state index in [0.717, 1.165) is 11.1 Å². The third-order valence-corrected chi connectivity index (χ3v) is 7.59. The van der Waals surface area contributed by atoms with Crippen LogP contribution in [0.4, 0.5) is 0 Å². The van der Waals surface area contributed by atoms with Crippen molar-refractivity contribution in [2.24, 2.45) is 0 Å². The molecular weight excluding hydrogens is 511 g/mol. The molecule has 0 fully saturated rings. The molecule has 0 aliphatic carbocycles. The Morgan fingerprint density at radius 2 is 0.895 bits per heavy atom. The maximum atomic E-state index is 14.4. The first kappa shape index (κ1) is 28.1. The monoisotopic (exact) mass is 544 g/mol. The summed E-state index contributed by atoms with van der Waals surface area (Å²) >= 11 is 12.4. The second kappa shape index (κ2) is 13.7. The highest BCUT2D eigenvalue weighted by atomic mass is 35.5. The van der Waals surface area contributed by atoms with Crippen molar-refractivity contribution in [3.63, 3.8) is 0 Å². The van der Waals surface area contributed by atoms with E-state index in [2.05, 4.69) is 48.7 Å². The standard InChI is InChI=1S/C33H34Cl2N2O/c1-23(25-9-5-3-6-10-25)36-21-31(27-13-17-29(34)18-14-27)33(38)32(28-15-19-30(35)20-16-28)22-37-24(2)26-11-7-4-8-12-26/h3-20,23-24,31-32,36-37H,21-22H2,1-2H3/t23-,24-,31?,32?/m0/s1. The molecule has 2 N–H and O–H groups in total. The molecule has 2 unspecified atom stereocenters. The normalized spacial score (nSPS) is 14.4. The van der Waals surface area contributed by atoms with Crippen molar-refractivity contribution in [1.29, 1.82) is 0 Å². The Bertz CT molecular complexity index is 1180. The predicted octanol–water partition coefficient (Wildman–Crippen LogP) is 8.13. The summed E-state index contributed by atoms with van der Waals surface area (Å²) < 4.78 is 0. The average Bonchev–Trinajstić information content (AvgIpc) is 2.95. The highest BCUT2D eigenvalue weighted by Gasteiger charge is 2.30. The highest BCUT2D eigenvalue weighted by Crippen LogP contribution is 2.29. The number of ketones is 1. The zero-order chi connectivity index (χ0) is 26.9. The lowest BCUT2D eigenvalue weighted by atomic mass is 9.83. The molecule has 4 rings (SSSR count). The van der Waals surface area contributed by atoms with Crippen molar-refractivity contribution < 1.29 is 4.79 Å². The van der Waals surface area contributed by atoms with E-state index in [-0.39, 0.29) is 29.7 Å². The number of nitrogens with one attached hydrogen (secondary N) is 2. The van der Waals surface area contributed by atoms with Gasteiger partial charge in [-0.2, -0.15) is 0 Å². The van der Waals surface area contributed by atoms with Gasteiger partial charge in [-0.3, -0.25) is 4.79 Å². The second-order valence-electron chi connectivity index (χ2n) is 9.69. The summed E-state index contributed by atoms with van der Waals surface area (Å²) in [6.45, 7) is 5.26. The third kappa shape index (κ3) is 7.55. The van der Waals surface area contributed by atoms with E-state index in [1.807, 2.05) is 84.9 Å². The van der Waals surface area contributed by atoms with Crippen LogP contribution in [0.3, 0.4) is 0 Å². The molecule has 0 saturated heterocycles. The van der Waals surface area contributed by atoms with Crippen LogP contribution in [0.1, 0.15) is 60.0 Å². The Kier molecular flexibility index (Phi) is 10.1. The number of benzene rings is 4. The van der Waals surface area contributed by atoms with Crippen LogP contribution in [0, 0.1) is 0 Å². The first-order chi connectivity index (χ1) is 18.4. The van der Waals surface area contributed by atoms with Crippen molar-refractivity contribution in [3.8, 4) is 0 Å². The summed E-state index contributed by atoms with van der Waals surface area (Å²) in [7, 11) is 0. The van der Waals surface area contributed by atoms with E-state index in [9.17, 15) is 4.79 Å². The van der Waals surface area contributed by atoms with Crippen LogP contribution >= 0.6 is 23.2 Å². The van der Waals surface area contributed by atoms with E-state index in [1.54, 1.807) is 0 Å². The summed E-state index contributed by atoms with van der Waals surface area (Å²) in [4.78, 5) is 14.4. The number of Topliss-reactive ketones (excluding diaryl/α,β-unsaturated/α-hetero) is 1. The highest BCUT2D eigenvalue weighted by molar-refractivity contribution is 6.30. The molecule has 4 aromatic rings. The van der Waals surface area contributed by atoms with Crippen molar-refractivity contribution >= 4 is 29.0 Å². The predicted molar refractivity (Wildman–Crippen MR) is 159 cm³/mol. The maximum absolute atomic E-state index is 14.4. The van der Waals surface area contributed by atoms with Gasteiger partial charge < -0.3 is 10.6 Å². The fourth-order valence-corrected chi connectivity index (χ4v) is 4.96. The molecule has 5 heteroatoms. The lowest BCUT2D eigenvalue weighted by Gasteiger charge is -2.27. The van der Waals surface area contributed by atoms with Crippen LogP contribution in [0.5, 0.6) is 0 Å². The van der Waals surface area contributed by atoms with Crippen molar-refractivity contribution in [2.45, 2.75) is 37.8 Å². The summed E-state index contributed by atoms with van der Waals surface area (Å²) in [5, 5.41) is 8.51. The van der Waals surface area contributed by atoms with Crippen LogP contribution in [0.2, 0.25) is 10.0 Å². The molecule has 0 radical (unpaired) electrons. The van der Waals surface area contributed by atoms with E-state index in [1.165, 1.54) is 11.1 Å². The largest absolute Gasteiger partial charge is 0.309 e. The molecule has 0 aromatic heterocycles. The topological polar surface area (TPSA) is 41.1 Å². The molecule has 4 aromatic carbocycles. The average molecular weight is 546 g/mol. The quantitative estimate of drug-likeness (QED) is 0.189. The molecule has 4 atom stereocenters. The zero-order valence-corrected chi connectivity index (χ0v) is 23.3. The summed E-state index contributed by atoms with van der Waals surface area (Å²) in [5.41, 5.74) is 4.26. The molecule has 0 bridgehead atoms. The van der Waals surface area contributed by atoms with Crippen molar-refractivity contribution in [3.05, 3.63) is 141 Å². The van der Waals surface area contributed by atoms with Crippen LogP contribution < -0.4 is 10.6 Å². The van der Waals surface area contributed by atoms with Crippen LogP contribution in [0.25, 0.3) is 0 Å². The van der Waals surface area contributed by atoms with Crippen LogP contribution in [-0.2, 0) is 4.79 Å². The van der Waals surface area contributed by atoms with Gasteiger partial charge in [-0.05, 0) is 60.4 Å². The molecule has 0 saturated carbocycles. The molecule has 0 spiro atoms. The van der Waals surface area contributed by atoms with Gasteiger partial charge in [0.15, 0.2) is 0 Å². The van der Waals surface area contributed by atoms with E-state index >= 15 is 0 Å². The second-order valence-corrected chi connectivity index (χ2v) is 10.6. The Labute approximate surface area is 236 Å². The Morgan fingerprint density at radius 3 is 1.24 bits per heavy atom. The Morgan fingerprint density at radius 1 is 0.553 bits per heavy atom. The minimum absolute atomic E-state index is 0.101. The summed E-state index contributed by atoms with van der Waals surface area (Å²) in [6.07, 6.45) is 0. The van der Waals surface area contributed by atoms with Gasteiger partial charge in [0.25, 0.3) is 0 Å². The molecule has 0 aliphatic rings. The van der Waals surface area contributed by atoms with Gasteiger partial charge in [0.1, 0.15) is 5.78 Å². The number of hydrogen-bond acceptors (Lipinski definition) is 3. The van der Waals surface area contributed by atoms with Gasteiger partial charge in [0, 0.05) is 35.2 Å². The molecule has 196 valence electrons. The Hall–Kier alpha value is -2.95. The van der Waals surface area contributed by atoms with Crippen LogP contribution in [-0.4, -0.2) is 18.9 Å². The van der Waals surface area contributed by atoms with Crippen molar-refractivity contribution in [2.75, 3.05) is 13.1 Å².